The Morgan fingerprint density at radius 1 is 1.10 bits per heavy atom. The molecule has 6 nitrogen and oxygen atoms in total. The first-order valence-electron chi connectivity index (χ1n) is 9.29. The van der Waals surface area contributed by atoms with Crippen LogP contribution in [0.5, 0.6) is 11.5 Å². The minimum absolute atomic E-state index is 0.645. The second-order valence-electron chi connectivity index (χ2n) is 6.31. The molecule has 8 heteroatoms. The number of benzene rings is 1. The maximum atomic E-state index is 5.36. The second kappa shape index (κ2) is 10.3. The van der Waals surface area contributed by atoms with Gasteiger partial charge in [0.1, 0.15) is 0 Å². The van der Waals surface area contributed by atoms with E-state index in [4.69, 9.17) is 9.47 Å². The molecular formula is C21H26N4O2S2. The van der Waals surface area contributed by atoms with Crippen molar-refractivity contribution in [3.8, 4) is 22.1 Å². The molecule has 29 heavy (non-hydrogen) atoms. The van der Waals surface area contributed by atoms with Crippen molar-refractivity contribution < 1.29 is 9.47 Å². The monoisotopic (exact) mass is 430 g/mol. The summed E-state index contributed by atoms with van der Waals surface area (Å²) in [7, 11) is 5.05. The van der Waals surface area contributed by atoms with Gasteiger partial charge in [0.05, 0.1) is 29.8 Å². The van der Waals surface area contributed by atoms with Gasteiger partial charge >= 0.3 is 0 Å². The van der Waals surface area contributed by atoms with Gasteiger partial charge in [-0.25, -0.2) is 4.98 Å². The Morgan fingerprint density at radius 2 is 1.93 bits per heavy atom. The van der Waals surface area contributed by atoms with Gasteiger partial charge in [-0.2, -0.15) is 0 Å². The summed E-state index contributed by atoms with van der Waals surface area (Å²) < 4.78 is 10.6. The molecule has 0 radical (unpaired) electrons. The van der Waals surface area contributed by atoms with E-state index in [1.807, 2.05) is 25.1 Å². The molecule has 0 aliphatic carbocycles. The van der Waals surface area contributed by atoms with Gasteiger partial charge in [0.2, 0.25) is 0 Å². The van der Waals surface area contributed by atoms with Gasteiger partial charge in [0.25, 0.3) is 0 Å². The Hall–Kier alpha value is -2.58. The van der Waals surface area contributed by atoms with Crippen LogP contribution in [0, 0.1) is 6.92 Å². The van der Waals surface area contributed by atoms with Crippen molar-refractivity contribution in [2.45, 2.75) is 19.9 Å². The van der Waals surface area contributed by atoms with E-state index in [1.54, 1.807) is 43.9 Å². The molecule has 0 aliphatic heterocycles. The van der Waals surface area contributed by atoms with Gasteiger partial charge in [0.15, 0.2) is 17.5 Å². The number of aliphatic imine (C=N–C) groups is 1. The van der Waals surface area contributed by atoms with Crippen molar-refractivity contribution in [1.29, 1.82) is 0 Å². The summed E-state index contributed by atoms with van der Waals surface area (Å²) in [5.41, 5.74) is 2.16. The van der Waals surface area contributed by atoms with E-state index in [1.165, 1.54) is 9.75 Å². The molecule has 0 spiro atoms. The molecule has 3 rings (SSSR count). The summed E-state index contributed by atoms with van der Waals surface area (Å²) in [6, 6.07) is 10.2. The average Bonchev–Trinajstić information content (AvgIpc) is 3.39. The van der Waals surface area contributed by atoms with Gasteiger partial charge in [-0.3, -0.25) is 4.99 Å². The lowest BCUT2D eigenvalue weighted by atomic mass is 10.2. The molecule has 1 aromatic carbocycles. The number of methoxy groups -OCH3 is 2. The number of guanidine groups is 1. The molecule has 154 valence electrons. The van der Waals surface area contributed by atoms with E-state index in [0.29, 0.717) is 6.54 Å². The minimum Gasteiger partial charge on any atom is -0.493 e. The lowest BCUT2D eigenvalue weighted by Gasteiger charge is -2.13. The van der Waals surface area contributed by atoms with Gasteiger partial charge < -0.3 is 20.1 Å². The number of rotatable bonds is 8. The van der Waals surface area contributed by atoms with E-state index in [0.717, 1.165) is 46.7 Å². The highest BCUT2D eigenvalue weighted by Crippen LogP contribution is 2.29. The van der Waals surface area contributed by atoms with E-state index in [-0.39, 0.29) is 0 Å². The maximum Gasteiger partial charge on any atom is 0.191 e. The van der Waals surface area contributed by atoms with Crippen LogP contribution in [-0.2, 0) is 13.0 Å². The Morgan fingerprint density at radius 3 is 2.62 bits per heavy atom. The number of thiophene rings is 1. The standard InChI is InChI=1S/C21H26N4O2S2/c1-14-25-17(13-28-14)20-8-6-16(29-20)9-10-23-21(22-2)24-12-15-5-7-18(26-3)19(11-15)27-4/h5-8,11,13H,9-10,12H2,1-4H3,(H2,22,23,24). The summed E-state index contributed by atoms with van der Waals surface area (Å²) in [5.74, 6) is 2.21. The normalized spacial score (nSPS) is 11.4. The highest BCUT2D eigenvalue weighted by atomic mass is 32.1. The zero-order valence-corrected chi connectivity index (χ0v) is 18.7. The number of hydrogen-bond acceptors (Lipinski definition) is 6. The first-order chi connectivity index (χ1) is 14.1. The molecule has 2 N–H and O–H groups in total. The quantitative estimate of drug-likeness (QED) is 0.416. The van der Waals surface area contributed by atoms with Crippen molar-refractivity contribution in [2.24, 2.45) is 4.99 Å². The fraction of sp³-hybridized carbons (Fsp3) is 0.333. The highest BCUT2D eigenvalue weighted by Gasteiger charge is 2.07. The molecule has 0 atom stereocenters. The van der Waals surface area contributed by atoms with Gasteiger partial charge in [0, 0.05) is 30.4 Å². The van der Waals surface area contributed by atoms with Gasteiger partial charge in [-0.05, 0) is 43.2 Å². The summed E-state index contributed by atoms with van der Waals surface area (Å²) in [6.45, 7) is 3.49. The van der Waals surface area contributed by atoms with E-state index in [9.17, 15) is 0 Å². The fourth-order valence-electron chi connectivity index (χ4n) is 2.83. The first-order valence-corrected chi connectivity index (χ1v) is 11.0. The van der Waals surface area contributed by atoms with Crippen LogP contribution in [-0.4, -0.2) is 38.8 Å². The zero-order valence-electron chi connectivity index (χ0n) is 17.1. The van der Waals surface area contributed by atoms with Crippen LogP contribution in [0.1, 0.15) is 15.4 Å². The summed E-state index contributed by atoms with van der Waals surface area (Å²) >= 11 is 3.48. The molecule has 3 aromatic rings. The minimum atomic E-state index is 0.645. The van der Waals surface area contributed by atoms with Crippen molar-refractivity contribution in [3.63, 3.8) is 0 Å². The lowest BCUT2D eigenvalue weighted by Crippen LogP contribution is -2.37. The molecule has 0 amide bonds. The number of aryl methyl sites for hydroxylation is 1. The summed E-state index contributed by atoms with van der Waals surface area (Å²) in [5, 5.41) is 9.91. The van der Waals surface area contributed by atoms with E-state index < -0.39 is 0 Å². The third-order valence-electron chi connectivity index (χ3n) is 4.33. The maximum absolute atomic E-state index is 5.36. The van der Waals surface area contributed by atoms with Crippen LogP contribution in [0.3, 0.4) is 0 Å². The SMILES string of the molecule is CN=C(NCCc1ccc(-c2csc(C)n2)s1)NCc1ccc(OC)c(OC)c1. The van der Waals surface area contributed by atoms with Crippen LogP contribution < -0.4 is 20.1 Å². The first kappa shape index (κ1) is 21.1. The van der Waals surface area contributed by atoms with Gasteiger partial charge in [-0.1, -0.05) is 6.07 Å². The van der Waals surface area contributed by atoms with E-state index >= 15 is 0 Å². The van der Waals surface area contributed by atoms with Crippen molar-refractivity contribution in [1.82, 2.24) is 15.6 Å². The molecule has 2 aromatic heterocycles. The van der Waals surface area contributed by atoms with Crippen LogP contribution in [0.4, 0.5) is 0 Å². The largest absolute Gasteiger partial charge is 0.493 e. The average molecular weight is 431 g/mol. The van der Waals surface area contributed by atoms with Crippen LogP contribution in [0.15, 0.2) is 40.7 Å². The summed E-state index contributed by atoms with van der Waals surface area (Å²) in [6.07, 6.45) is 0.935. The molecular weight excluding hydrogens is 404 g/mol. The number of hydrogen-bond donors (Lipinski definition) is 2. The van der Waals surface area contributed by atoms with Gasteiger partial charge in [-0.15, -0.1) is 22.7 Å². The zero-order chi connectivity index (χ0) is 20.6. The molecule has 0 fully saturated rings. The molecule has 0 aliphatic rings. The lowest BCUT2D eigenvalue weighted by molar-refractivity contribution is 0.354. The molecule has 0 bridgehead atoms. The van der Waals surface area contributed by atoms with Crippen LogP contribution >= 0.6 is 22.7 Å². The number of nitrogens with zero attached hydrogens (tertiary/aromatic N) is 2. The Kier molecular flexibility index (Phi) is 7.48. The molecule has 0 saturated carbocycles. The number of aromatic nitrogens is 1. The molecule has 0 saturated heterocycles. The molecule has 0 unspecified atom stereocenters. The van der Waals surface area contributed by atoms with Crippen molar-refractivity contribution in [2.75, 3.05) is 27.8 Å². The number of nitrogens with one attached hydrogen (secondary N) is 2. The third-order valence-corrected chi connectivity index (χ3v) is 6.27. The smallest absolute Gasteiger partial charge is 0.191 e. The Labute approximate surface area is 179 Å². The highest BCUT2D eigenvalue weighted by molar-refractivity contribution is 7.16. The van der Waals surface area contributed by atoms with Crippen molar-refractivity contribution >= 4 is 28.6 Å². The fourth-order valence-corrected chi connectivity index (χ4v) is 4.48. The Bertz CT molecular complexity index is 965. The second-order valence-corrected chi connectivity index (χ2v) is 8.54. The topological polar surface area (TPSA) is 67.8 Å². The van der Waals surface area contributed by atoms with Crippen LogP contribution in [0.25, 0.3) is 10.6 Å². The predicted molar refractivity (Wildman–Crippen MR) is 122 cm³/mol. The predicted octanol–water partition coefficient (Wildman–Crippen LogP) is 4.10. The van der Waals surface area contributed by atoms with Crippen molar-refractivity contribution in [3.05, 3.63) is 51.2 Å². The van der Waals surface area contributed by atoms with Crippen LogP contribution in [0.2, 0.25) is 0 Å². The number of thiazole rings is 1. The third kappa shape index (κ3) is 5.71. The van der Waals surface area contributed by atoms with E-state index in [2.05, 4.69) is 38.1 Å². The summed E-state index contributed by atoms with van der Waals surface area (Å²) in [4.78, 5) is 11.4. The Balaban J connectivity index is 1.48. The number of ether oxygens (including phenoxy) is 2. The molecule has 2 heterocycles.